The van der Waals surface area contributed by atoms with E-state index < -0.39 is 52.6 Å². The first-order valence-corrected chi connectivity index (χ1v) is 9.89. The van der Waals surface area contributed by atoms with Crippen molar-refractivity contribution in [1.29, 1.82) is 0 Å². The summed E-state index contributed by atoms with van der Waals surface area (Å²) in [6.45, 7) is -0.930. The van der Waals surface area contributed by atoms with Gasteiger partial charge in [0.05, 0.1) is 23.3 Å². The number of nitrogens with two attached hydrogens (primary N) is 1. The molecule has 0 amide bonds. The van der Waals surface area contributed by atoms with Crippen molar-refractivity contribution in [2.75, 3.05) is 31.4 Å². The highest BCUT2D eigenvalue weighted by atomic mass is 19.1. The van der Waals surface area contributed by atoms with Crippen LogP contribution in [0.4, 0.5) is 23.4 Å². The Kier molecular flexibility index (Phi) is 6.20. The Hall–Kier alpha value is -4.00. The molecule has 2 aromatic heterocycles. The fourth-order valence-electron chi connectivity index (χ4n) is 3.79. The molecule has 3 heterocycles. The van der Waals surface area contributed by atoms with Crippen LogP contribution >= 0.6 is 0 Å². The number of hydrogen-bond acceptors (Lipinski definition) is 7. The number of rotatable bonds is 6. The molecule has 1 unspecified atom stereocenters. The number of anilines is 1. The van der Waals surface area contributed by atoms with E-state index >= 15 is 4.39 Å². The van der Waals surface area contributed by atoms with Crippen LogP contribution in [0.1, 0.15) is 10.4 Å². The molecule has 0 saturated carbocycles. The number of halogens is 4. The molecule has 178 valence electrons. The fraction of sp³-hybridized carbons (Fsp3) is 0.238. The van der Waals surface area contributed by atoms with Crippen LogP contribution in [-0.4, -0.2) is 52.8 Å². The van der Waals surface area contributed by atoms with E-state index in [0.29, 0.717) is 11.8 Å². The summed E-state index contributed by atoms with van der Waals surface area (Å²) in [5.74, 6) is -5.16. The van der Waals surface area contributed by atoms with E-state index in [4.69, 9.17) is 5.73 Å². The predicted octanol–water partition coefficient (Wildman–Crippen LogP) is 2.20. The van der Waals surface area contributed by atoms with Crippen LogP contribution in [0.2, 0.25) is 0 Å². The third kappa shape index (κ3) is 4.05. The molecule has 9 nitrogen and oxygen atoms in total. The Morgan fingerprint density at radius 1 is 1.26 bits per heavy atom. The lowest BCUT2D eigenvalue weighted by Crippen LogP contribution is -2.26. The van der Waals surface area contributed by atoms with Crippen LogP contribution in [0.15, 0.2) is 40.4 Å². The van der Waals surface area contributed by atoms with E-state index in [1.165, 1.54) is 4.90 Å². The second-order valence-electron chi connectivity index (χ2n) is 7.44. The molecule has 1 aromatic carbocycles. The average molecular weight is 479 g/mol. The molecule has 1 aliphatic heterocycles. The summed E-state index contributed by atoms with van der Waals surface area (Å²) in [4.78, 5) is 34.3. The van der Waals surface area contributed by atoms with Crippen LogP contribution in [0.3, 0.4) is 0 Å². The summed E-state index contributed by atoms with van der Waals surface area (Å²) in [6, 6.07) is 3.34. The van der Waals surface area contributed by atoms with Crippen molar-refractivity contribution >= 4 is 28.5 Å². The van der Waals surface area contributed by atoms with Crippen molar-refractivity contribution < 1.29 is 32.3 Å². The zero-order valence-electron chi connectivity index (χ0n) is 17.3. The number of oxime groups is 1. The van der Waals surface area contributed by atoms with Gasteiger partial charge in [-0.05, 0) is 18.2 Å². The quantitative estimate of drug-likeness (QED) is 0.411. The van der Waals surface area contributed by atoms with E-state index in [2.05, 4.69) is 15.0 Å². The summed E-state index contributed by atoms with van der Waals surface area (Å²) in [5.41, 5.74) is 3.72. The number of carboxylic acid groups (broad SMARTS) is 1. The van der Waals surface area contributed by atoms with Gasteiger partial charge in [-0.25, -0.2) is 27.3 Å². The van der Waals surface area contributed by atoms with Gasteiger partial charge in [-0.1, -0.05) is 5.16 Å². The normalized spacial score (nSPS) is 17.0. The number of benzene rings is 1. The standard InChI is InChI=1S/C21H17F4N5O4/c22-9-34-28-16-8-29(6-10(16)5-26)20-15(25)4-12-18(31)13(21(32)33)7-30(19(12)27-20)17-2-1-11(23)3-14(17)24/h1-4,7,10H,5-6,8-9,26H2,(H,32,33)/b28-16+. The first-order chi connectivity index (χ1) is 16.2. The maximum atomic E-state index is 15.1. The van der Waals surface area contributed by atoms with Crippen LogP contribution < -0.4 is 16.1 Å². The zero-order valence-corrected chi connectivity index (χ0v) is 17.3. The van der Waals surface area contributed by atoms with E-state index in [0.717, 1.165) is 29.0 Å². The lowest BCUT2D eigenvalue weighted by Gasteiger charge is -2.19. The Labute approximate surface area is 188 Å². The summed E-state index contributed by atoms with van der Waals surface area (Å²) < 4.78 is 56.4. The van der Waals surface area contributed by atoms with Gasteiger partial charge in [0.2, 0.25) is 5.43 Å². The Morgan fingerprint density at radius 2 is 2.03 bits per heavy atom. The van der Waals surface area contributed by atoms with Crippen molar-refractivity contribution in [3.63, 3.8) is 0 Å². The van der Waals surface area contributed by atoms with Gasteiger partial charge in [-0.2, -0.15) is 0 Å². The van der Waals surface area contributed by atoms with Gasteiger partial charge >= 0.3 is 5.97 Å². The molecule has 34 heavy (non-hydrogen) atoms. The second-order valence-corrected chi connectivity index (χ2v) is 7.44. The minimum absolute atomic E-state index is 0.0142. The van der Waals surface area contributed by atoms with Gasteiger partial charge in [0, 0.05) is 31.3 Å². The van der Waals surface area contributed by atoms with Gasteiger partial charge in [0.15, 0.2) is 17.3 Å². The molecule has 0 radical (unpaired) electrons. The van der Waals surface area contributed by atoms with Crippen molar-refractivity contribution in [2.24, 2.45) is 16.8 Å². The van der Waals surface area contributed by atoms with Gasteiger partial charge < -0.3 is 20.6 Å². The zero-order chi connectivity index (χ0) is 24.6. The third-order valence-electron chi connectivity index (χ3n) is 5.39. The molecule has 1 fully saturated rings. The largest absolute Gasteiger partial charge is 0.477 e. The van der Waals surface area contributed by atoms with Crippen LogP contribution in [0.25, 0.3) is 16.7 Å². The van der Waals surface area contributed by atoms with Gasteiger partial charge in [0.1, 0.15) is 17.2 Å². The highest BCUT2D eigenvalue weighted by Crippen LogP contribution is 2.28. The molecular weight excluding hydrogens is 462 g/mol. The number of aromatic carboxylic acids is 1. The highest BCUT2D eigenvalue weighted by molar-refractivity contribution is 5.95. The van der Waals surface area contributed by atoms with E-state index in [-0.39, 0.29) is 36.8 Å². The van der Waals surface area contributed by atoms with Gasteiger partial charge in [-0.3, -0.25) is 9.36 Å². The van der Waals surface area contributed by atoms with Crippen molar-refractivity contribution in [1.82, 2.24) is 9.55 Å². The van der Waals surface area contributed by atoms with E-state index in [1.54, 1.807) is 0 Å². The molecule has 1 aliphatic rings. The minimum atomic E-state index is -1.62. The summed E-state index contributed by atoms with van der Waals surface area (Å²) >= 11 is 0. The van der Waals surface area contributed by atoms with Gasteiger partial charge in [-0.15, -0.1) is 0 Å². The number of fused-ring (bicyclic) bond motifs is 1. The number of hydrogen-bond donors (Lipinski definition) is 2. The number of pyridine rings is 2. The number of carboxylic acids is 1. The first kappa shape index (κ1) is 23.2. The number of carbonyl (C=O) groups is 1. The van der Waals surface area contributed by atoms with E-state index in [9.17, 15) is 27.9 Å². The minimum Gasteiger partial charge on any atom is -0.477 e. The SMILES string of the molecule is NCC1CN(c2nc3c(cc2F)c(=O)c(C(=O)O)cn3-c2ccc(F)cc2F)C/C1=N\OCF. The lowest BCUT2D eigenvalue weighted by atomic mass is 10.1. The van der Waals surface area contributed by atoms with Crippen molar-refractivity contribution in [2.45, 2.75) is 0 Å². The van der Waals surface area contributed by atoms with Crippen molar-refractivity contribution in [3.05, 3.63) is 63.7 Å². The van der Waals surface area contributed by atoms with Crippen LogP contribution in [-0.2, 0) is 4.84 Å². The van der Waals surface area contributed by atoms with E-state index in [1.807, 2.05) is 0 Å². The number of alkyl halides is 1. The summed E-state index contributed by atoms with van der Waals surface area (Å²) in [7, 11) is 0. The topological polar surface area (TPSA) is 123 Å². The summed E-state index contributed by atoms with van der Waals surface area (Å²) in [6.07, 6.45) is 0.840. The molecule has 0 bridgehead atoms. The molecule has 13 heteroatoms. The number of aromatic nitrogens is 2. The molecule has 1 saturated heterocycles. The van der Waals surface area contributed by atoms with Crippen LogP contribution in [0, 0.1) is 23.4 Å². The maximum absolute atomic E-state index is 15.1. The Morgan fingerprint density at radius 3 is 2.68 bits per heavy atom. The number of nitrogens with zero attached hydrogens (tertiary/aromatic N) is 4. The maximum Gasteiger partial charge on any atom is 0.341 e. The Bertz CT molecular complexity index is 1380. The third-order valence-corrected chi connectivity index (χ3v) is 5.39. The Balaban J connectivity index is 1.94. The second kappa shape index (κ2) is 9.09. The molecule has 0 spiro atoms. The molecule has 3 aromatic rings. The van der Waals surface area contributed by atoms with Crippen LogP contribution in [0.5, 0.6) is 0 Å². The summed E-state index contributed by atoms with van der Waals surface area (Å²) in [5, 5.41) is 12.6. The smallest absolute Gasteiger partial charge is 0.341 e. The lowest BCUT2D eigenvalue weighted by molar-refractivity contribution is 0.0626. The molecule has 1 atom stereocenters. The highest BCUT2D eigenvalue weighted by Gasteiger charge is 2.32. The molecule has 3 N–H and O–H groups in total. The van der Waals surface area contributed by atoms with Crippen molar-refractivity contribution in [3.8, 4) is 5.69 Å². The monoisotopic (exact) mass is 479 g/mol. The average Bonchev–Trinajstić information content (AvgIpc) is 3.21. The predicted molar refractivity (Wildman–Crippen MR) is 113 cm³/mol. The van der Waals surface area contributed by atoms with Gasteiger partial charge in [0.25, 0.3) is 6.86 Å². The fourth-order valence-corrected chi connectivity index (χ4v) is 3.79. The first-order valence-electron chi connectivity index (χ1n) is 9.89. The molecular formula is C21H17F4N5O4. The molecule has 0 aliphatic carbocycles. The molecule has 4 rings (SSSR count).